The summed E-state index contributed by atoms with van der Waals surface area (Å²) >= 11 is 0. The van der Waals surface area contributed by atoms with Crippen molar-refractivity contribution in [2.45, 2.75) is 82.4 Å². The Morgan fingerprint density at radius 3 is 2.23 bits per heavy atom. The standard InChI is InChI=1S/C28H44N4O3/c1-6-29-23(33)25(2,3)19-31-20-26(32(24(31)34)21-27(35)13-10-14-27)15-17-28(18-16-26,30(4)5)22-11-8-7-9-12-22/h7-9,11-12,35H,6,10,13-21H2,1-5H3,(H,29,33)/t26-,28+. The van der Waals surface area contributed by atoms with Crippen LogP contribution in [0.5, 0.6) is 0 Å². The molecular formula is C28H44N4O3. The Morgan fingerprint density at radius 2 is 1.71 bits per heavy atom. The van der Waals surface area contributed by atoms with Crippen molar-refractivity contribution in [1.29, 1.82) is 0 Å². The van der Waals surface area contributed by atoms with Crippen LogP contribution in [0.3, 0.4) is 0 Å². The van der Waals surface area contributed by atoms with Gasteiger partial charge in [-0.1, -0.05) is 30.3 Å². The molecule has 194 valence electrons. The fourth-order valence-electron chi connectivity index (χ4n) is 6.53. The molecule has 0 unspecified atom stereocenters. The molecule has 1 aromatic rings. The zero-order valence-electron chi connectivity index (χ0n) is 22.3. The molecule has 0 aromatic heterocycles. The minimum atomic E-state index is -0.775. The molecule has 1 spiro atoms. The number of rotatable bonds is 8. The predicted molar refractivity (Wildman–Crippen MR) is 138 cm³/mol. The monoisotopic (exact) mass is 484 g/mol. The maximum absolute atomic E-state index is 13.8. The number of β-amino-alcohol motifs (C(OH)–C–C–N with tert-alkyl or cyclic N) is 1. The van der Waals surface area contributed by atoms with Gasteiger partial charge in [0.2, 0.25) is 5.91 Å². The van der Waals surface area contributed by atoms with E-state index in [-0.39, 0.29) is 23.0 Å². The van der Waals surface area contributed by atoms with E-state index in [0.717, 1.165) is 44.9 Å². The Morgan fingerprint density at radius 1 is 1.09 bits per heavy atom. The molecule has 0 radical (unpaired) electrons. The van der Waals surface area contributed by atoms with Gasteiger partial charge in [0.15, 0.2) is 0 Å². The van der Waals surface area contributed by atoms with Gasteiger partial charge in [-0.3, -0.25) is 9.69 Å². The summed E-state index contributed by atoms with van der Waals surface area (Å²) in [5, 5.41) is 14.0. The molecule has 2 N–H and O–H groups in total. The van der Waals surface area contributed by atoms with E-state index in [9.17, 15) is 14.7 Å². The zero-order chi connectivity index (χ0) is 25.5. The molecule has 3 fully saturated rings. The van der Waals surface area contributed by atoms with Crippen molar-refractivity contribution in [2.24, 2.45) is 5.41 Å². The number of nitrogens with zero attached hydrogens (tertiary/aromatic N) is 3. The molecule has 2 aliphatic carbocycles. The topological polar surface area (TPSA) is 76.1 Å². The molecule has 1 aromatic carbocycles. The summed E-state index contributed by atoms with van der Waals surface area (Å²) in [5.74, 6) is -0.0303. The highest BCUT2D eigenvalue weighted by Gasteiger charge is 2.57. The van der Waals surface area contributed by atoms with Gasteiger partial charge in [0.1, 0.15) is 0 Å². The molecular weight excluding hydrogens is 440 g/mol. The van der Waals surface area contributed by atoms with E-state index in [2.05, 4.69) is 54.6 Å². The number of nitrogens with one attached hydrogen (secondary N) is 1. The number of carbonyl (C=O) groups is 2. The van der Waals surface area contributed by atoms with Gasteiger partial charge in [0.25, 0.3) is 0 Å². The third-order valence-corrected chi connectivity index (χ3v) is 9.01. The van der Waals surface area contributed by atoms with Crippen molar-refractivity contribution < 1.29 is 14.7 Å². The summed E-state index contributed by atoms with van der Waals surface area (Å²) < 4.78 is 0. The first-order valence-electron chi connectivity index (χ1n) is 13.3. The number of aliphatic hydroxyl groups is 1. The number of benzene rings is 1. The van der Waals surface area contributed by atoms with Crippen molar-refractivity contribution in [3.8, 4) is 0 Å². The molecule has 1 heterocycles. The highest BCUT2D eigenvalue weighted by molar-refractivity contribution is 5.84. The molecule has 7 nitrogen and oxygen atoms in total. The normalized spacial score (nSPS) is 28.5. The third kappa shape index (κ3) is 4.69. The van der Waals surface area contributed by atoms with Crippen LogP contribution in [0, 0.1) is 5.41 Å². The molecule has 4 rings (SSSR count). The average Bonchev–Trinajstić information content (AvgIpc) is 3.04. The van der Waals surface area contributed by atoms with Crippen LogP contribution in [0.2, 0.25) is 0 Å². The van der Waals surface area contributed by atoms with Gasteiger partial charge in [-0.25, -0.2) is 4.79 Å². The van der Waals surface area contributed by atoms with Gasteiger partial charge in [0, 0.05) is 25.2 Å². The number of hydrogen-bond donors (Lipinski definition) is 2. The number of urea groups is 1. The van der Waals surface area contributed by atoms with Gasteiger partial charge in [-0.05, 0) is 85.4 Å². The quantitative estimate of drug-likeness (QED) is 0.592. The Hall–Kier alpha value is -2.12. The van der Waals surface area contributed by atoms with Crippen LogP contribution in [0.25, 0.3) is 0 Å². The third-order valence-electron chi connectivity index (χ3n) is 9.01. The summed E-state index contributed by atoms with van der Waals surface area (Å²) in [6.07, 6.45) is 6.16. The molecule has 2 saturated carbocycles. The van der Waals surface area contributed by atoms with E-state index in [1.165, 1.54) is 5.56 Å². The average molecular weight is 485 g/mol. The molecule has 7 heteroatoms. The minimum absolute atomic E-state index is 0.0280. The van der Waals surface area contributed by atoms with Crippen molar-refractivity contribution in [3.63, 3.8) is 0 Å². The molecule has 1 saturated heterocycles. The lowest BCUT2D eigenvalue weighted by atomic mass is 9.67. The summed E-state index contributed by atoms with van der Waals surface area (Å²) in [6.45, 7) is 7.70. The molecule has 35 heavy (non-hydrogen) atoms. The van der Waals surface area contributed by atoms with Crippen LogP contribution in [0.4, 0.5) is 4.79 Å². The number of amides is 3. The van der Waals surface area contributed by atoms with E-state index in [1.54, 1.807) is 0 Å². The van der Waals surface area contributed by atoms with E-state index in [1.807, 2.05) is 30.6 Å². The maximum Gasteiger partial charge on any atom is 0.320 e. The number of hydrogen-bond acceptors (Lipinski definition) is 4. The van der Waals surface area contributed by atoms with E-state index in [0.29, 0.717) is 26.2 Å². The van der Waals surface area contributed by atoms with Gasteiger partial charge in [-0.15, -0.1) is 0 Å². The van der Waals surface area contributed by atoms with Crippen LogP contribution in [0.1, 0.15) is 71.3 Å². The lowest BCUT2D eigenvalue weighted by Crippen LogP contribution is -2.59. The fraction of sp³-hybridized carbons (Fsp3) is 0.714. The Bertz CT molecular complexity index is 917. The lowest BCUT2D eigenvalue weighted by Gasteiger charge is -2.52. The van der Waals surface area contributed by atoms with Gasteiger partial charge >= 0.3 is 6.03 Å². The van der Waals surface area contributed by atoms with Crippen LogP contribution in [-0.2, 0) is 10.3 Å². The number of carbonyl (C=O) groups excluding carboxylic acids is 2. The molecule has 1 aliphatic heterocycles. The van der Waals surface area contributed by atoms with Crippen molar-refractivity contribution in [2.75, 3.05) is 40.3 Å². The van der Waals surface area contributed by atoms with Gasteiger partial charge in [0.05, 0.1) is 23.1 Å². The lowest BCUT2D eigenvalue weighted by molar-refractivity contribution is -0.129. The second-order valence-electron chi connectivity index (χ2n) is 12.1. The molecule has 3 aliphatic rings. The summed E-state index contributed by atoms with van der Waals surface area (Å²) in [7, 11) is 4.31. The van der Waals surface area contributed by atoms with Crippen LogP contribution in [-0.4, -0.2) is 83.2 Å². The Balaban J connectivity index is 1.60. The molecule has 0 bridgehead atoms. The summed E-state index contributed by atoms with van der Waals surface area (Å²) in [4.78, 5) is 32.7. The van der Waals surface area contributed by atoms with E-state index in [4.69, 9.17) is 0 Å². The second kappa shape index (κ2) is 9.40. The first-order chi connectivity index (χ1) is 16.5. The van der Waals surface area contributed by atoms with Gasteiger partial charge < -0.3 is 20.2 Å². The SMILES string of the molecule is CCNC(=O)C(C)(C)CN1C[C@]2(CC[C@](c3ccccc3)(N(C)C)CC2)N(CC2(O)CCC2)C1=O. The molecule has 0 atom stereocenters. The van der Waals surface area contributed by atoms with Crippen molar-refractivity contribution in [3.05, 3.63) is 35.9 Å². The van der Waals surface area contributed by atoms with Crippen molar-refractivity contribution >= 4 is 11.9 Å². The first kappa shape index (κ1) is 26.0. The minimum Gasteiger partial charge on any atom is -0.388 e. The summed E-state index contributed by atoms with van der Waals surface area (Å²) in [6, 6.07) is 10.7. The fourth-order valence-corrected chi connectivity index (χ4v) is 6.53. The first-order valence-corrected chi connectivity index (χ1v) is 13.3. The summed E-state index contributed by atoms with van der Waals surface area (Å²) in [5.41, 5.74) is -0.510. The predicted octanol–water partition coefficient (Wildman–Crippen LogP) is 3.57. The van der Waals surface area contributed by atoms with Crippen LogP contribution >= 0.6 is 0 Å². The smallest absolute Gasteiger partial charge is 0.320 e. The second-order valence-corrected chi connectivity index (χ2v) is 12.1. The maximum atomic E-state index is 13.8. The zero-order valence-corrected chi connectivity index (χ0v) is 22.3. The molecule has 3 amide bonds. The van der Waals surface area contributed by atoms with E-state index < -0.39 is 11.0 Å². The van der Waals surface area contributed by atoms with Crippen LogP contribution < -0.4 is 5.32 Å². The van der Waals surface area contributed by atoms with E-state index >= 15 is 0 Å². The Kier molecular flexibility index (Phi) is 6.97. The highest BCUT2D eigenvalue weighted by Crippen LogP contribution is 2.50. The largest absolute Gasteiger partial charge is 0.388 e. The van der Waals surface area contributed by atoms with Crippen LogP contribution in [0.15, 0.2) is 30.3 Å². The highest BCUT2D eigenvalue weighted by atomic mass is 16.3. The van der Waals surface area contributed by atoms with Crippen molar-refractivity contribution in [1.82, 2.24) is 20.0 Å². The Labute approximate surface area is 210 Å². The van der Waals surface area contributed by atoms with Gasteiger partial charge in [-0.2, -0.15) is 0 Å².